The van der Waals surface area contributed by atoms with Crippen LogP contribution < -0.4 is 9.47 Å². The zero-order valence-corrected chi connectivity index (χ0v) is 20.2. The summed E-state index contributed by atoms with van der Waals surface area (Å²) in [5.41, 5.74) is -0.576. The predicted molar refractivity (Wildman–Crippen MR) is 127 cm³/mol. The Hall–Kier alpha value is -2.63. The highest BCUT2D eigenvalue weighted by atomic mass is 19.1. The summed E-state index contributed by atoms with van der Waals surface area (Å²) in [5, 5.41) is 0. The minimum atomic E-state index is -2.08. The quantitative estimate of drug-likeness (QED) is 0.387. The molecule has 0 bridgehead atoms. The molecule has 0 radical (unpaired) electrons. The Kier molecular flexibility index (Phi) is 7.44. The number of halogens is 2. The predicted octanol–water partition coefficient (Wildman–Crippen LogP) is 6.58. The van der Waals surface area contributed by atoms with E-state index >= 15 is 4.39 Å². The number of alkyl halides is 1. The molecule has 184 valence electrons. The van der Waals surface area contributed by atoms with E-state index in [1.807, 2.05) is 30.3 Å². The Labute approximate surface area is 200 Å². The molecular formula is C28H34F2O4. The molecule has 2 aliphatic carbocycles. The normalized spacial score (nSPS) is 23.0. The van der Waals surface area contributed by atoms with E-state index in [4.69, 9.17) is 14.2 Å². The Morgan fingerprint density at radius 3 is 2.41 bits per heavy atom. The number of esters is 1. The third kappa shape index (κ3) is 5.37. The lowest BCUT2D eigenvalue weighted by Crippen LogP contribution is -2.39. The van der Waals surface area contributed by atoms with Crippen LogP contribution in [0.2, 0.25) is 0 Å². The molecule has 0 N–H and O–H groups in total. The zero-order valence-electron chi connectivity index (χ0n) is 20.2. The van der Waals surface area contributed by atoms with Crippen LogP contribution >= 0.6 is 0 Å². The van der Waals surface area contributed by atoms with Crippen LogP contribution in [0.3, 0.4) is 0 Å². The SMILES string of the molecule is COC(=O)C(C)(F)C(c1cccc(OC[C@H]2CC[C@H](c3cc(OC)ccc3F)CC2)c1)C1CC1. The summed E-state index contributed by atoms with van der Waals surface area (Å²) in [7, 11) is 2.82. The number of ether oxygens (including phenoxy) is 3. The molecule has 6 heteroatoms. The van der Waals surface area contributed by atoms with Crippen LogP contribution in [0.1, 0.15) is 68.4 Å². The van der Waals surface area contributed by atoms with Gasteiger partial charge in [0.25, 0.3) is 0 Å². The van der Waals surface area contributed by atoms with Gasteiger partial charge in [-0.25, -0.2) is 13.6 Å². The van der Waals surface area contributed by atoms with Gasteiger partial charge in [0.05, 0.1) is 20.8 Å². The minimum Gasteiger partial charge on any atom is -0.497 e. The number of rotatable bonds is 9. The van der Waals surface area contributed by atoms with Crippen LogP contribution in [-0.2, 0) is 9.53 Å². The maximum Gasteiger partial charge on any atom is 0.343 e. The number of carbonyl (C=O) groups is 1. The van der Waals surface area contributed by atoms with E-state index in [2.05, 4.69) is 0 Å². The van der Waals surface area contributed by atoms with Crippen LogP contribution in [0.15, 0.2) is 42.5 Å². The number of hydrogen-bond donors (Lipinski definition) is 0. The van der Waals surface area contributed by atoms with Gasteiger partial charge in [0.1, 0.15) is 17.3 Å². The van der Waals surface area contributed by atoms with Crippen molar-refractivity contribution in [1.29, 1.82) is 0 Å². The maximum atomic E-state index is 15.4. The largest absolute Gasteiger partial charge is 0.497 e. The smallest absolute Gasteiger partial charge is 0.343 e. The third-order valence-corrected chi connectivity index (χ3v) is 7.45. The molecule has 0 aromatic heterocycles. The first kappa shape index (κ1) is 24.5. The maximum absolute atomic E-state index is 15.4. The molecule has 0 heterocycles. The highest BCUT2D eigenvalue weighted by Crippen LogP contribution is 2.50. The van der Waals surface area contributed by atoms with Crippen molar-refractivity contribution in [3.8, 4) is 11.5 Å². The Morgan fingerprint density at radius 1 is 1.03 bits per heavy atom. The molecule has 2 aliphatic rings. The van der Waals surface area contributed by atoms with Crippen molar-refractivity contribution in [2.45, 2.75) is 63.0 Å². The van der Waals surface area contributed by atoms with Crippen LogP contribution in [0, 0.1) is 17.7 Å². The van der Waals surface area contributed by atoms with E-state index in [9.17, 15) is 9.18 Å². The van der Waals surface area contributed by atoms with Crippen molar-refractivity contribution < 1.29 is 27.8 Å². The van der Waals surface area contributed by atoms with Gasteiger partial charge >= 0.3 is 5.97 Å². The van der Waals surface area contributed by atoms with Gasteiger partial charge < -0.3 is 14.2 Å². The molecule has 2 aromatic rings. The lowest BCUT2D eigenvalue weighted by atomic mass is 9.79. The first-order valence-corrected chi connectivity index (χ1v) is 12.2. The monoisotopic (exact) mass is 472 g/mol. The van der Waals surface area contributed by atoms with E-state index in [0.717, 1.165) is 49.7 Å². The summed E-state index contributed by atoms with van der Waals surface area (Å²) in [4.78, 5) is 12.1. The molecule has 0 spiro atoms. The molecule has 2 saturated carbocycles. The standard InChI is InChI=1S/C28H34F2O4/c1-28(30,27(31)33-3)26(20-11-12-20)21-5-4-6-23(15-21)34-17-18-7-9-19(10-8-18)24-16-22(32-2)13-14-25(24)29/h4-6,13-16,18-20,26H,7-12,17H2,1-3H3/t18-,19-,26?,28?. The third-order valence-electron chi connectivity index (χ3n) is 7.45. The fourth-order valence-corrected chi connectivity index (χ4v) is 5.40. The highest BCUT2D eigenvalue weighted by molar-refractivity contribution is 5.80. The van der Waals surface area contributed by atoms with E-state index in [1.54, 1.807) is 13.2 Å². The molecule has 0 amide bonds. The lowest BCUT2D eigenvalue weighted by molar-refractivity contribution is -0.155. The summed E-state index contributed by atoms with van der Waals surface area (Å²) in [5.74, 6) is 0.527. The molecule has 2 fully saturated rings. The molecule has 0 saturated heterocycles. The zero-order chi connectivity index (χ0) is 24.3. The number of carbonyl (C=O) groups excluding carboxylic acids is 1. The number of benzene rings is 2. The Balaban J connectivity index is 1.36. The second kappa shape index (κ2) is 10.3. The summed E-state index contributed by atoms with van der Waals surface area (Å²) in [6.07, 6.45) is 5.53. The van der Waals surface area contributed by atoms with Gasteiger partial charge in [-0.3, -0.25) is 0 Å². The fraction of sp³-hybridized carbons (Fsp3) is 0.536. The van der Waals surface area contributed by atoms with Crippen molar-refractivity contribution in [2.24, 2.45) is 11.8 Å². The van der Waals surface area contributed by atoms with Crippen LogP contribution in [0.25, 0.3) is 0 Å². The summed E-state index contributed by atoms with van der Waals surface area (Å²) in [6, 6.07) is 12.4. The number of hydrogen-bond acceptors (Lipinski definition) is 4. The first-order valence-electron chi connectivity index (χ1n) is 12.2. The summed E-state index contributed by atoms with van der Waals surface area (Å²) >= 11 is 0. The second-order valence-electron chi connectivity index (χ2n) is 9.87. The van der Waals surface area contributed by atoms with E-state index < -0.39 is 17.6 Å². The molecule has 2 atom stereocenters. The van der Waals surface area contributed by atoms with Crippen molar-refractivity contribution in [1.82, 2.24) is 0 Å². The van der Waals surface area contributed by atoms with Crippen molar-refractivity contribution in [2.75, 3.05) is 20.8 Å². The molecule has 4 nitrogen and oxygen atoms in total. The van der Waals surface area contributed by atoms with Gasteiger partial charge in [-0.1, -0.05) is 12.1 Å². The van der Waals surface area contributed by atoms with Crippen LogP contribution in [0.4, 0.5) is 8.78 Å². The van der Waals surface area contributed by atoms with Gasteiger partial charge in [0.2, 0.25) is 5.67 Å². The molecular weight excluding hydrogens is 438 g/mol. The number of methoxy groups -OCH3 is 2. The van der Waals surface area contributed by atoms with E-state index in [1.165, 1.54) is 20.1 Å². The van der Waals surface area contributed by atoms with Crippen LogP contribution in [0.5, 0.6) is 11.5 Å². The minimum absolute atomic E-state index is 0.136. The molecule has 34 heavy (non-hydrogen) atoms. The van der Waals surface area contributed by atoms with Gasteiger partial charge in [0.15, 0.2) is 0 Å². The van der Waals surface area contributed by atoms with Crippen LogP contribution in [-0.4, -0.2) is 32.5 Å². The average Bonchev–Trinajstić information content (AvgIpc) is 3.68. The Bertz CT molecular complexity index is 994. The van der Waals surface area contributed by atoms with Crippen molar-refractivity contribution in [3.05, 3.63) is 59.4 Å². The van der Waals surface area contributed by atoms with E-state index in [0.29, 0.717) is 24.0 Å². The Morgan fingerprint density at radius 2 is 1.76 bits per heavy atom. The van der Waals surface area contributed by atoms with Gasteiger partial charge in [-0.2, -0.15) is 0 Å². The summed E-state index contributed by atoms with van der Waals surface area (Å²) < 4.78 is 45.9. The van der Waals surface area contributed by atoms with Crippen molar-refractivity contribution >= 4 is 5.97 Å². The lowest BCUT2D eigenvalue weighted by Gasteiger charge is -2.30. The van der Waals surface area contributed by atoms with Gasteiger partial charge in [-0.15, -0.1) is 0 Å². The molecule has 4 rings (SSSR count). The molecule has 2 aromatic carbocycles. The van der Waals surface area contributed by atoms with Gasteiger partial charge in [-0.05, 0) is 105 Å². The summed E-state index contributed by atoms with van der Waals surface area (Å²) in [6.45, 7) is 1.88. The first-order chi connectivity index (χ1) is 16.3. The topological polar surface area (TPSA) is 44.8 Å². The second-order valence-corrected chi connectivity index (χ2v) is 9.87. The van der Waals surface area contributed by atoms with Gasteiger partial charge in [0, 0.05) is 5.92 Å². The van der Waals surface area contributed by atoms with Crippen molar-refractivity contribution in [3.63, 3.8) is 0 Å². The van der Waals surface area contributed by atoms with E-state index in [-0.39, 0.29) is 17.7 Å². The fourth-order valence-electron chi connectivity index (χ4n) is 5.40. The molecule has 2 unspecified atom stereocenters. The molecule has 0 aliphatic heterocycles. The average molecular weight is 473 g/mol. The highest BCUT2D eigenvalue weighted by Gasteiger charge is 2.50.